The van der Waals surface area contributed by atoms with E-state index >= 15 is 0 Å². The number of carboxylic acid groups (broad SMARTS) is 1. The predicted octanol–water partition coefficient (Wildman–Crippen LogP) is 1.45. The number of carbonyl (C=O) groups is 2. The fourth-order valence-electron chi connectivity index (χ4n) is 3.22. The highest BCUT2D eigenvalue weighted by Gasteiger charge is 2.42. The molecule has 9 heteroatoms. The van der Waals surface area contributed by atoms with E-state index in [1.54, 1.807) is 26.2 Å². The Morgan fingerprint density at radius 3 is 2.50 bits per heavy atom. The van der Waals surface area contributed by atoms with Crippen molar-refractivity contribution in [2.75, 3.05) is 26.0 Å². The number of nitrogens with zero attached hydrogens (tertiary/aromatic N) is 1. The summed E-state index contributed by atoms with van der Waals surface area (Å²) in [5.41, 5.74) is 0.852. The first-order valence-corrected chi connectivity index (χ1v) is 10.1. The zero-order chi connectivity index (χ0) is 19.1. The minimum atomic E-state index is -3.50. The van der Waals surface area contributed by atoms with Gasteiger partial charge in [-0.3, -0.25) is 4.79 Å². The Morgan fingerprint density at radius 1 is 1.23 bits per heavy atom. The van der Waals surface area contributed by atoms with E-state index in [0.717, 1.165) is 0 Å². The van der Waals surface area contributed by atoms with E-state index < -0.39 is 33.0 Å². The van der Waals surface area contributed by atoms with E-state index in [1.807, 2.05) is 0 Å². The maximum atomic E-state index is 12.8. The molecule has 1 heterocycles. The molecule has 1 aromatic rings. The third kappa shape index (κ3) is 3.54. The van der Waals surface area contributed by atoms with Crippen LogP contribution in [0.1, 0.15) is 30.9 Å². The van der Waals surface area contributed by atoms with Gasteiger partial charge >= 0.3 is 12.0 Å². The number of rotatable bonds is 5. The summed E-state index contributed by atoms with van der Waals surface area (Å²) in [5, 5.41) is 14.9. The molecule has 8 nitrogen and oxygen atoms in total. The molecule has 1 aliphatic heterocycles. The number of aliphatic carboxylic acids is 1. The molecule has 2 atom stereocenters. The van der Waals surface area contributed by atoms with Gasteiger partial charge in [0, 0.05) is 25.8 Å². The molecule has 2 amide bonds. The summed E-state index contributed by atoms with van der Waals surface area (Å²) < 4.78 is 25.6. The Kier molecular flexibility index (Phi) is 4.94. The summed E-state index contributed by atoms with van der Waals surface area (Å²) >= 11 is 0. The van der Waals surface area contributed by atoms with Gasteiger partial charge in [0.25, 0.3) is 0 Å². The minimum absolute atomic E-state index is 0.161. The Balaban J connectivity index is 2.04. The number of anilines is 1. The average Bonchev–Trinajstić information content (AvgIpc) is 3.32. The predicted molar refractivity (Wildman–Crippen MR) is 95.8 cm³/mol. The average molecular weight is 381 g/mol. The van der Waals surface area contributed by atoms with Gasteiger partial charge in [-0.1, -0.05) is 0 Å². The van der Waals surface area contributed by atoms with Crippen molar-refractivity contribution in [2.24, 2.45) is 5.92 Å². The van der Waals surface area contributed by atoms with Crippen molar-refractivity contribution in [3.63, 3.8) is 0 Å². The number of hydrogen-bond acceptors (Lipinski definition) is 5. The fraction of sp³-hybridized carbons (Fsp3) is 0.529. The fourth-order valence-corrected chi connectivity index (χ4v) is 5.11. The maximum absolute atomic E-state index is 12.8. The van der Waals surface area contributed by atoms with Crippen LogP contribution in [-0.2, 0) is 14.6 Å². The quantitative estimate of drug-likeness (QED) is 0.711. The van der Waals surface area contributed by atoms with Gasteiger partial charge in [0.05, 0.1) is 16.1 Å². The van der Waals surface area contributed by atoms with Crippen molar-refractivity contribution in [3.8, 4) is 0 Å². The minimum Gasteiger partial charge on any atom is -0.481 e. The van der Waals surface area contributed by atoms with Crippen LogP contribution in [0.5, 0.6) is 0 Å². The van der Waals surface area contributed by atoms with Crippen molar-refractivity contribution in [1.29, 1.82) is 0 Å². The smallest absolute Gasteiger partial charge is 0.321 e. The van der Waals surface area contributed by atoms with Gasteiger partial charge in [-0.25, -0.2) is 13.2 Å². The molecule has 2 fully saturated rings. The monoisotopic (exact) mass is 381 g/mol. The molecule has 26 heavy (non-hydrogen) atoms. The number of sulfone groups is 1. The third-order valence-electron chi connectivity index (χ3n) is 4.81. The van der Waals surface area contributed by atoms with E-state index in [-0.39, 0.29) is 10.9 Å². The van der Waals surface area contributed by atoms with Gasteiger partial charge in [0.2, 0.25) is 0 Å². The van der Waals surface area contributed by atoms with Crippen LogP contribution in [0.2, 0.25) is 0 Å². The van der Waals surface area contributed by atoms with Crippen LogP contribution in [0, 0.1) is 5.92 Å². The molecule has 1 saturated heterocycles. The van der Waals surface area contributed by atoms with E-state index in [0.29, 0.717) is 37.1 Å². The first-order chi connectivity index (χ1) is 12.2. The largest absolute Gasteiger partial charge is 0.481 e. The van der Waals surface area contributed by atoms with Gasteiger partial charge in [0.15, 0.2) is 9.84 Å². The molecule has 1 aliphatic carbocycles. The Labute approximate surface area is 152 Å². The molecule has 1 aromatic carbocycles. The van der Waals surface area contributed by atoms with E-state index in [1.165, 1.54) is 11.0 Å². The highest BCUT2D eigenvalue weighted by molar-refractivity contribution is 7.92. The number of benzene rings is 1. The zero-order valence-electron chi connectivity index (χ0n) is 14.7. The highest BCUT2D eigenvalue weighted by atomic mass is 32.2. The molecule has 142 valence electrons. The molecular weight excluding hydrogens is 358 g/mol. The standard InChI is InChI=1S/C17H23N3O5S/c1-20(2)17(23)19-10-3-6-14(26(24,25)11-4-5-11)13(9-10)15-12(16(21)22)7-8-18-15/h3,6,9,11-12,15,18H,4-5,7-8H2,1-2H3,(H,19,23)(H,21,22). The molecule has 0 bridgehead atoms. The normalized spacial score (nSPS) is 22.8. The van der Waals surface area contributed by atoms with Gasteiger partial charge in [0.1, 0.15) is 0 Å². The Hall–Kier alpha value is -2.13. The number of carboxylic acids is 1. The van der Waals surface area contributed by atoms with Crippen molar-refractivity contribution in [3.05, 3.63) is 23.8 Å². The Morgan fingerprint density at radius 2 is 1.92 bits per heavy atom. The molecule has 0 radical (unpaired) electrons. The van der Waals surface area contributed by atoms with Crippen molar-refractivity contribution in [1.82, 2.24) is 10.2 Å². The summed E-state index contributed by atoms with van der Waals surface area (Å²) in [6, 6.07) is 3.66. The maximum Gasteiger partial charge on any atom is 0.321 e. The van der Waals surface area contributed by atoms with Crippen molar-refractivity contribution < 1.29 is 23.1 Å². The highest BCUT2D eigenvalue weighted by Crippen LogP contribution is 2.40. The molecule has 3 N–H and O–H groups in total. The van der Waals surface area contributed by atoms with E-state index in [2.05, 4.69) is 10.6 Å². The second-order valence-electron chi connectivity index (χ2n) is 6.99. The number of nitrogens with one attached hydrogen (secondary N) is 2. The van der Waals surface area contributed by atoms with Crippen LogP contribution in [0.15, 0.2) is 23.1 Å². The van der Waals surface area contributed by atoms with Crippen LogP contribution in [-0.4, -0.2) is 56.3 Å². The van der Waals surface area contributed by atoms with E-state index in [4.69, 9.17) is 0 Å². The molecule has 2 unspecified atom stereocenters. The lowest BCUT2D eigenvalue weighted by Gasteiger charge is -2.22. The topological polar surface area (TPSA) is 116 Å². The van der Waals surface area contributed by atoms with Crippen LogP contribution in [0.3, 0.4) is 0 Å². The zero-order valence-corrected chi connectivity index (χ0v) is 15.5. The van der Waals surface area contributed by atoms with Crippen LogP contribution in [0.25, 0.3) is 0 Å². The number of amides is 2. The molecule has 2 aliphatic rings. The van der Waals surface area contributed by atoms with Crippen molar-refractivity contribution in [2.45, 2.75) is 35.4 Å². The van der Waals surface area contributed by atoms with Gasteiger partial charge < -0.3 is 20.6 Å². The lowest BCUT2D eigenvalue weighted by molar-refractivity contribution is -0.142. The summed E-state index contributed by atoms with van der Waals surface area (Å²) in [4.78, 5) is 25.0. The molecule has 0 spiro atoms. The summed E-state index contributed by atoms with van der Waals surface area (Å²) in [5.74, 6) is -1.67. The molecule has 1 saturated carbocycles. The SMILES string of the molecule is CN(C)C(=O)Nc1ccc(S(=O)(=O)C2CC2)c(C2NCCC2C(=O)O)c1. The van der Waals surface area contributed by atoms with Gasteiger partial charge in [-0.15, -0.1) is 0 Å². The van der Waals surface area contributed by atoms with Crippen LogP contribution < -0.4 is 10.6 Å². The van der Waals surface area contributed by atoms with Gasteiger partial charge in [-0.05, 0) is 49.6 Å². The van der Waals surface area contributed by atoms with Crippen LogP contribution >= 0.6 is 0 Å². The first-order valence-electron chi connectivity index (χ1n) is 8.54. The number of carbonyl (C=O) groups excluding carboxylic acids is 1. The molecule has 3 rings (SSSR count). The van der Waals surface area contributed by atoms with Crippen molar-refractivity contribution >= 4 is 27.5 Å². The summed E-state index contributed by atoms with van der Waals surface area (Å²) in [7, 11) is -0.304. The first kappa shape index (κ1) is 18.7. The Bertz CT molecular complexity index is 833. The second-order valence-corrected chi connectivity index (χ2v) is 9.18. The van der Waals surface area contributed by atoms with Gasteiger partial charge in [-0.2, -0.15) is 0 Å². The van der Waals surface area contributed by atoms with Crippen LogP contribution in [0.4, 0.5) is 10.5 Å². The molecular formula is C17H23N3O5S. The summed E-state index contributed by atoms with van der Waals surface area (Å²) in [6.45, 7) is 0.499. The van der Waals surface area contributed by atoms with E-state index in [9.17, 15) is 23.1 Å². The molecule has 0 aromatic heterocycles. The lowest BCUT2D eigenvalue weighted by Crippen LogP contribution is -2.28. The third-order valence-corrected chi connectivity index (χ3v) is 7.15. The number of urea groups is 1. The second kappa shape index (κ2) is 6.88. The summed E-state index contributed by atoms with van der Waals surface area (Å²) in [6.07, 6.45) is 1.68. The lowest BCUT2D eigenvalue weighted by atomic mass is 9.94. The number of hydrogen-bond donors (Lipinski definition) is 3.